The summed E-state index contributed by atoms with van der Waals surface area (Å²) in [5.41, 5.74) is 1.08. The van der Waals surface area contributed by atoms with E-state index in [9.17, 15) is 22.8 Å². The van der Waals surface area contributed by atoms with E-state index in [1.165, 1.54) is 11.0 Å². The van der Waals surface area contributed by atoms with Crippen molar-refractivity contribution in [3.63, 3.8) is 0 Å². The van der Waals surface area contributed by atoms with Gasteiger partial charge in [-0.25, -0.2) is 4.68 Å². The number of tetrazole rings is 1. The lowest BCUT2D eigenvalue weighted by Gasteiger charge is -2.31. The van der Waals surface area contributed by atoms with Crippen molar-refractivity contribution in [2.45, 2.75) is 19.0 Å². The van der Waals surface area contributed by atoms with Crippen LogP contribution in [0.4, 0.5) is 13.2 Å². The first-order valence-corrected chi connectivity index (χ1v) is 8.30. The SMILES string of the molecule is O=C(NCC(F)(F)F)C1CCN(C(=O)c2cccc(-n3cnnn3)c2)CC1. The highest BCUT2D eigenvalue weighted by Crippen LogP contribution is 2.21. The van der Waals surface area contributed by atoms with Crippen molar-refractivity contribution >= 4 is 11.8 Å². The summed E-state index contributed by atoms with van der Waals surface area (Å²) >= 11 is 0. The summed E-state index contributed by atoms with van der Waals surface area (Å²) in [6.07, 6.45) is -2.38. The van der Waals surface area contributed by atoms with Gasteiger partial charge in [0, 0.05) is 24.6 Å². The molecule has 0 spiro atoms. The van der Waals surface area contributed by atoms with Gasteiger partial charge in [-0.05, 0) is 41.5 Å². The molecule has 2 heterocycles. The normalized spacial score (nSPS) is 15.6. The lowest BCUT2D eigenvalue weighted by Crippen LogP contribution is -2.44. The summed E-state index contributed by atoms with van der Waals surface area (Å²) in [7, 11) is 0. The summed E-state index contributed by atoms with van der Waals surface area (Å²) in [5, 5.41) is 12.8. The first-order valence-electron chi connectivity index (χ1n) is 8.30. The standard InChI is InChI=1S/C16H17F3N6O2/c17-16(18,19)9-20-14(26)11-4-6-24(7-5-11)15(27)12-2-1-3-13(8-12)25-10-21-22-23-25/h1-3,8,10-11H,4-7,9H2,(H,20,26). The molecule has 8 nitrogen and oxygen atoms in total. The maximum atomic E-state index is 12.7. The van der Waals surface area contributed by atoms with Gasteiger partial charge in [-0.2, -0.15) is 13.2 Å². The number of likely N-dealkylation sites (tertiary alicyclic amines) is 1. The Morgan fingerprint density at radius 3 is 2.59 bits per heavy atom. The Kier molecular flexibility index (Phi) is 5.38. The number of amides is 2. The number of hydrogen-bond acceptors (Lipinski definition) is 5. The first kappa shape index (κ1) is 18.8. The number of piperidine rings is 1. The fourth-order valence-electron chi connectivity index (χ4n) is 2.92. The van der Waals surface area contributed by atoms with Crippen LogP contribution in [-0.4, -0.2) is 62.7 Å². The minimum absolute atomic E-state index is 0.209. The van der Waals surface area contributed by atoms with E-state index in [4.69, 9.17) is 0 Å². The van der Waals surface area contributed by atoms with Gasteiger partial charge in [0.25, 0.3) is 5.91 Å². The van der Waals surface area contributed by atoms with E-state index in [0.29, 0.717) is 37.2 Å². The van der Waals surface area contributed by atoms with E-state index in [0.717, 1.165) is 0 Å². The Hall–Kier alpha value is -2.98. The predicted molar refractivity (Wildman–Crippen MR) is 86.8 cm³/mol. The quantitative estimate of drug-likeness (QED) is 0.858. The summed E-state index contributed by atoms with van der Waals surface area (Å²) < 4.78 is 38.0. The zero-order valence-electron chi connectivity index (χ0n) is 14.2. The van der Waals surface area contributed by atoms with Crippen LogP contribution < -0.4 is 5.32 Å². The number of carbonyl (C=O) groups is 2. The van der Waals surface area contributed by atoms with Crippen molar-refractivity contribution in [3.8, 4) is 5.69 Å². The largest absolute Gasteiger partial charge is 0.405 e. The molecule has 1 N–H and O–H groups in total. The van der Waals surface area contributed by atoms with Gasteiger partial charge in [-0.15, -0.1) is 5.10 Å². The van der Waals surface area contributed by atoms with Crippen molar-refractivity contribution in [1.82, 2.24) is 30.4 Å². The third-order valence-electron chi connectivity index (χ3n) is 4.32. The van der Waals surface area contributed by atoms with E-state index >= 15 is 0 Å². The smallest absolute Gasteiger partial charge is 0.347 e. The van der Waals surface area contributed by atoms with E-state index in [2.05, 4.69) is 15.5 Å². The molecule has 3 rings (SSSR count). The molecule has 1 aliphatic heterocycles. The Morgan fingerprint density at radius 2 is 1.96 bits per heavy atom. The summed E-state index contributed by atoms with van der Waals surface area (Å²) in [6.45, 7) is -0.731. The van der Waals surface area contributed by atoms with Crippen molar-refractivity contribution in [3.05, 3.63) is 36.2 Å². The minimum atomic E-state index is -4.43. The van der Waals surface area contributed by atoms with Crippen LogP contribution >= 0.6 is 0 Å². The molecule has 0 saturated carbocycles. The lowest BCUT2D eigenvalue weighted by atomic mass is 9.95. The first-order chi connectivity index (χ1) is 12.8. The van der Waals surface area contributed by atoms with Crippen LogP contribution in [0.5, 0.6) is 0 Å². The average Bonchev–Trinajstić information content (AvgIpc) is 3.20. The molecule has 1 aromatic heterocycles. The summed E-state index contributed by atoms with van der Waals surface area (Å²) in [6, 6.07) is 6.78. The van der Waals surface area contributed by atoms with Crippen LogP contribution in [0, 0.1) is 5.92 Å². The van der Waals surface area contributed by atoms with Gasteiger partial charge in [-0.3, -0.25) is 9.59 Å². The molecule has 1 aromatic carbocycles. The van der Waals surface area contributed by atoms with E-state index in [1.54, 1.807) is 29.2 Å². The predicted octanol–water partition coefficient (Wildman–Crippen LogP) is 1.19. The maximum absolute atomic E-state index is 12.7. The molecule has 0 atom stereocenters. The highest BCUT2D eigenvalue weighted by atomic mass is 19.4. The van der Waals surface area contributed by atoms with Crippen molar-refractivity contribution in [1.29, 1.82) is 0 Å². The Bertz CT molecular complexity index is 801. The molecular weight excluding hydrogens is 365 g/mol. The number of alkyl halides is 3. The molecular formula is C16H17F3N6O2. The molecule has 27 heavy (non-hydrogen) atoms. The number of halogens is 3. The zero-order valence-corrected chi connectivity index (χ0v) is 14.2. The maximum Gasteiger partial charge on any atom is 0.405 e. The number of carbonyl (C=O) groups excluding carboxylic acids is 2. The summed E-state index contributed by atoms with van der Waals surface area (Å²) in [4.78, 5) is 26.1. The second kappa shape index (κ2) is 7.72. The van der Waals surface area contributed by atoms with Crippen LogP contribution in [0.15, 0.2) is 30.6 Å². The highest BCUT2D eigenvalue weighted by molar-refractivity contribution is 5.95. The molecule has 0 radical (unpaired) electrons. The van der Waals surface area contributed by atoms with Crippen molar-refractivity contribution in [2.24, 2.45) is 5.92 Å². The molecule has 11 heteroatoms. The van der Waals surface area contributed by atoms with Crippen LogP contribution in [0.2, 0.25) is 0 Å². The molecule has 0 bridgehead atoms. The number of benzene rings is 1. The molecule has 2 aromatic rings. The van der Waals surface area contributed by atoms with Crippen LogP contribution in [-0.2, 0) is 4.79 Å². The number of nitrogens with one attached hydrogen (secondary N) is 1. The highest BCUT2D eigenvalue weighted by Gasteiger charge is 2.32. The molecule has 0 unspecified atom stereocenters. The molecule has 1 fully saturated rings. The van der Waals surface area contributed by atoms with Crippen molar-refractivity contribution < 1.29 is 22.8 Å². The third-order valence-corrected chi connectivity index (χ3v) is 4.32. The van der Waals surface area contributed by atoms with Crippen LogP contribution in [0.1, 0.15) is 23.2 Å². The number of rotatable bonds is 4. The number of hydrogen-bond donors (Lipinski definition) is 1. The second-order valence-electron chi connectivity index (χ2n) is 6.20. The monoisotopic (exact) mass is 382 g/mol. The van der Waals surface area contributed by atoms with Crippen LogP contribution in [0.25, 0.3) is 5.69 Å². The van der Waals surface area contributed by atoms with E-state index in [1.807, 2.05) is 5.32 Å². The topological polar surface area (TPSA) is 93.0 Å². The van der Waals surface area contributed by atoms with E-state index < -0.39 is 24.5 Å². The van der Waals surface area contributed by atoms with Crippen molar-refractivity contribution in [2.75, 3.05) is 19.6 Å². The lowest BCUT2D eigenvalue weighted by molar-refractivity contribution is -0.141. The number of aromatic nitrogens is 4. The molecule has 1 saturated heterocycles. The Labute approximate surface area is 152 Å². The Morgan fingerprint density at radius 1 is 1.22 bits per heavy atom. The van der Waals surface area contributed by atoms with E-state index in [-0.39, 0.29) is 5.91 Å². The van der Waals surface area contributed by atoms with Gasteiger partial charge in [0.15, 0.2) is 0 Å². The van der Waals surface area contributed by atoms with Gasteiger partial charge >= 0.3 is 6.18 Å². The second-order valence-corrected chi connectivity index (χ2v) is 6.20. The molecule has 144 valence electrons. The summed E-state index contributed by atoms with van der Waals surface area (Å²) in [5.74, 6) is -1.36. The fourth-order valence-corrected chi connectivity index (χ4v) is 2.92. The van der Waals surface area contributed by atoms with Gasteiger partial charge in [0.2, 0.25) is 5.91 Å². The minimum Gasteiger partial charge on any atom is -0.347 e. The van der Waals surface area contributed by atoms with Gasteiger partial charge in [0.05, 0.1) is 5.69 Å². The van der Waals surface area contributed by atoms with Crippen LogP contribution in [0.3, 0.4) is 0 Å². The molecule has 2 amide bonds. The number of nitrogens with zero attached hydrogens (tertiary/aromatic N) is 5. The van der Waals surface area contributed by atoms with Gasteiger partial charge in [0.1, 0.15) is 12.9 Å². The molecule has 0 aliphatic carbocycles. The molecule has 1 aliphatic rings. The van der Waals surface area contributed by atoms with Gasteiger partial charge < -0.3 is 10.2 Å². The average molecular weight is 382 g/mol. The van der Waals surface area contributed by atoms with Gasteiger partial charge in [-0.1, -0.05) is 6.07 Å². The zero-order chi connectivity index (χ0) is 19.4. The Balaban J connectivity index is 1.57. The fraction of sp³-hybridized carbons (Fsp3) is 0.438. The third kappa shape index (κ3) is 4.80.